The zero-order valence-electron chi connectivity index (χ0n) is 13.6. The van der Waals surface area contributed by atoms with Crippen LogP contribution < -0.4 is 15.4 Å². The van der Waals surface area contributed by atoms with Crippen LogP contribution in [0.4, 0.5) is 0 Å². The van der Waals surface area contributed by atoms with Crippen LogP contribution in [0.15, 0.2) is 42.1 Å². The molecule has 2 aliphatic heterocycles. The first-order chi connectivity index (χ1) is 12.0. The van der Waals surface area contributed by atoms with Crippen LogP contribution in [0.1, 0.15) is 5.56 Å². The van der Waals surface area contributed by atoms with Gasteiger partial charge in [0.2, 0.25) is 5.91 Å². The van der Waals surface area contributed by atoms with Crippen molar-refractivity contribution in [2.24, 2.45) is 5.73 Å². The molecule has 0 aromatic carbocycles. The van der Waals surface area contributed by atoms with E-state index in [1.54, 1.807) is 0 Å². The number of aromatic nitrogens is 2. The number of carboxylic acids is 1. The van der Waals surface area contributed by atoms with Gasteiger partial charge in [0.1, 0.15) is 16.9 Å². The molecule has 10 heteroatoms. The summed E-state index contributed by atoms with van der Waals surface area (Å²) in [5.74, 6) is -1.28. The van der Waals surface area contributed by atoms with E-state index in [0.29, 0.717) is 17.9 Å². The molecule has 2 atom stereocenters. The Morgan fingerprint density at radius 2 is 2.23 bits per heavy atom. The van der Waals surface area contributed by atoms with Gasteiger partial charge in [-0.05, 0) is 6.07 Å². The van der Waals surface area contributed by atoms with Gasteiger partial charge in [-0.2, -0.15) is 4.57 Å². The lowest BCUT2D eigenvalue weighted by Gasteiger charge is -2.49. The highest BCUT2D eigenvalue weighted by atomic mass is 127. The number of carboxylic acid groups (broad SMARTS) is 1. The molecule has 138 valence electrons. The summed E-state index contributed by atoms with van der Waals surface area (Å²) in [5, 5.41) is 20.7. The van der Waals surface area contributed by atoms with Gasteiger partial charge in [-0.1, -0.05) is 0 Å². The summed E-state index contributed by atoms with van der Waals surface area (Å²) in [7, 11) is 0. The van der Waals surface area contributed by atoms with Crippen LogP contribution in [0.2, 0.25) is 0 Å². The van der Waals surface area contributed by atoms with Crippen molar-refractivity contribution in [1.82, 2.24) is 9.30 Å². The second kappa shape index (κ2) is 7.18. The molecule has 26 heavy (non-hydrogen) atoms. The van der Waals surface area contributed by atoms with Crippen LogP contribution >= 0.6 is 35.7 Å². The Bertz CT molecular complexity index is 928. The van der Waals surface area contributed by atoms with Crippen molar-refractivity contribution < 1.29 is 24.4 Å². The number of hydrogen-bond donors (Lipinski definition) is 2. The highest BCUT2D eigenvalue weighted by molar-refractivity contribution is 14.0. The Balaban J connectivity index is 0.00000196. The molecule has 3 N–H and O–H groups in total. The van der Waals surface area contributed by atoms with Crippen LogP contribution in [0, 0.1) is 0 Å². The van der Waals surface area contributed by atoms with Crippen molar-refractivity contribution in [2.45, 2.75) is 24.6 Å². The third-order valence-corrected chi connectivity index (χ3v) is 5.94. The molecule has 0 spiro atoms. The Kier molecular flexibility index (Phi) is 5.28. The molecule has 1 unspecified atom stereocenters. The zero-order valence-corrected chi connectivity index (χ0v) is 16.7. The van der Waals surface area contributed by atoms with Gasteiger partial charge < -0.3 is 25.1 Å². The van der Waals surface area contributed by atoms with E-state index in [2.05, 4.69) is 0 Å². The van der Waals surface area contributed by atoms with E-state index in [0.717, 1.165) is 11.1 Å². The molecule has 2 aromatic rings. The molecule has 0 saturated carbocycles. The second-order valence-electron chi connectivity index (χ2n) is 6.07. The number of nitrogens with two attached hydrogens (primary N) is 1. The molecule has 8 nitrogen and oxygen atoms in total. The number of aliphatic carboxylic acids is 1. The minimum absolute atomic E-state index is 0. The fourth-order valence-electron chi connectivity index (χ4n) is 3.28. The Morgan fingerprint density at radius 1 is 1.46 bits per heavy atom. The maximum atomic E-state index is 12.0. The minimum Gasteiger partial charge on any atom is -0.543 e. The van der Waals surface area contributed by atoms with Gasteiger partial charge in [0.05, 0.1) is 24.5 Å². The number of carbonyl (C=O) groups is 2. The molecule has 0 bridgehead atoms. The van der Waals surface area contributed by atoms with Gasteiger partial charge in [-0.3, -0.25) is 9.69 Å². The van der Waals surface area contributed by atoms with Crippen molar-refractivity contribution >= 4 is 53.1 Å². The summed E-state index contributed by atoms with van der Waals surface area (Å²) < 4.78 is 3.71. The molecule has 1 saturated heterocycles. The molecule has 0 aliphatic carbocycles. The van der Waals surface area contributed by atoms with Crippen LogP contribution in [0.25, 0.3) is 5.52 Å². The maximum absolute atomic E-state index is 12.0. The normalized spacial score (nSPS) is 22.1. The van der Waals surface area contributed by atoms with Crippen LogP contribution in [-0.4, -0.2) is 43.5 Å². The quantitative estimate of drug-likeness (QED) is 0.311. The summed E-state index contributed by atoms with van der Waals surface area (Å²) in [4.78, 5) is 24.8. The number of aliphatic hydroxyl groups excluding tert-OH is 1. The highest BCUT2D eigenvalue weighted by Gasteiger charge is 2.50. The van der Waals surface area contributed by atoms with Gasteiger partial charge in [0.25, 0.3) is 0 Å². The zero-order chi connectivity index (χ0) is 17.7. The van der Waals surface area contributed by atoms with Crippen molar-refractivity contribution in [3.63, 3.8) is 0 Å². The van der Waals surface area contributed by atoms with Gasteiger partial charge >= 0.3 is 0 Å². The van der Waals surface area contributed by atoms with E-state index in [1.807, 2.05) is 39.8 Å². The SMILES string of the molecule is I.NC1C(=O)N2C(C(=O)[O-])=C(C[n+]3ccn4ccc(CO)c4c3)CS[C@H]12. The average molecular weight is 488 g/mol. The van der Waals surface area contributed by atoms with Crippen molar-refractivity contribution in [1.29, 1.82) is 0 Å². The molecule has 4 rings (SSSR count). The second-order valence-corrected chi connectivity index (χ2v) is 7.17. The maximum Gasteiger partial charge on any atom is 0.248 e. The Hall–Kier alpha value is -1.63. The largest absolute Gasteiger partial charge is 0.543 e. The summed E-state index contributed by atoms with van der Waals surface area (Å²) >= 11 is 1.46. The number of aliphatic hydroxyl groups is 1. The van der Waals surface area contributed by atoms with Gasteiger partial charge in [0.15, 0.2) is 18.9 Å². The number of rotatable bonds is 4. The van der Waals surface area contributed by atoms with Crippen LogP contribution in [0.3, 0.4) is 0 Å². The topological polar surface area (TPSA) is 115 Å². The molecule has 4 heterocycles. The molecule has 0 radical (unpaired) electrons. The monoisotopic (exact) mass is 488 g/mol. The fraction of sp³-hybridized carbons (Fsp3) is 0.312. The van der Waals surface area contributed by atoms with Gasteiger partial charge in [-0.25, -0.2) is 0 Å². The van der Waals surface area contributed by atoms with E-state index in [-0.39, 0.29) is 47.6 Å². The van der Waals surface area contributed by atoms with Gasteiger partial charge in [-0.15, -0.1) is 35.7 Å². The number of thioether (sulfide) groups is 1. The lowest BCUT2D eigenvalue weighted by molar-refractivity contribution is -0.688. The highest BCUT2D eigenvalue weighted by Crippen LogP contribution is 2.39. The number of halogens is 1. The summed E-state index contributed by atoms with van der Waals surface area (Å²) in [6, 6.07) is 1.17. The number of hydrogen-bond acceptors (Lipinski definition) is 6. The van der Waals surface area contributed by atoms with E-state index < -0.39 is 12.0 Å². The van der Waals surface area contributed by atoms with Crippen molar-refractivity contribution in [2.75, 3.05) is 5.75 Å². The number of fused-ring (bicyclic) bond motifs is 2. The Labute approximate surface area is 170 Å². The van der Waals surface area contributed by atoms with E-state index in [1.165, 1.54) is 16.7 Å². The first-order valence-electron chi connectivity index (χ1n) is 7.74. The summed E-state index contributed by atoms with van der Waals surface area (Å²) in [6.45, 7) is 0.236. The third-order valence-electron chi connectivity index (χ3n) is 4.58. The summed E-state index contributed by atoms with van der Waals surface area (Å²) in [5.41, 5.74) is 7.90. The molecule has 1 fully saturated rings. The van der Waals surface area contributed by atoms with Crippen LogP contribution in [-0.2, 0) is 22.7 Å². The standard InChI is InChI=1S/C16H16N4O4S.HI/c17-12-14(22)20-13(16(23)24)10(8-25-15(12)20)5-18-3-4-19-2-1-9(7-21)11(19)6-18;/h1-4,6,12,15,21H,5,7-8,17H2;1H/t12?,15-;/m1./s1. The molecular formula is C16H17IN4O4S. The molecular weight excluding hydrogens is 471 g/mol. The van der Waals surface area contributed by atoms with E-state index >= 15 is 0 Å². The third kappa shape index (κ3) is 2.90. The molecule has 2 aromatic heterocycles. The number of amides is 1. The lowest BCUT2D eigenvalue weighted by atomic mass is 10.0. The predicted octanol–water partition coefficient (Wildman–Crippen LogP) is -1.42. The number of nitrogens with zero attached hydrogens (tertiary/aromatic N) is 3. The number of carbonyl (C=O) groups excluding carboxylic acids is 2. The first-order valence-corrected chi connectivity index (χ1v) is 8.79. The van der Waals surface area contributed by atoms with E-state index in [4.69, 9.17) is 5.73 Å². The predicted molar refractivity (Wildman–Crippen MR) is 102 cm³/mol. The minimum atomic E-state index is -1.36. The first kappa shape index (κ1) is 19.1. The van der Waals surface area contributed by atoms with Crippen molar-refractivity contribution in [3.8, 4) is 0 Å². The summed E-state index contributed by atoms with van der Waals surface area (Å²) in [6.07, 6.45) is 7.33. The van der Waals surface area contributed by atoms with Crippen LogP contribution in [0.5, 0.6) is 0 Å². The van der Waals surface area contributed by atoms with Gasteiger partial charge in [0, 0.05) is 23.1 Å². The van der Waals surface area contributed by atoms with E-state index in [9.17, 15) is 19.8 Å². The van der Waals surface area contributed by atoms with Crippen molar-refractivity contribution in [3.05, 3.63) is 47.7 Å². The smallest absolute Gasteiger partial charge is 0.248 e. The lowest BCUT2D eigenvalue weighted by Crippen LogP contribution is -2.69. The fourth-order valence-corrected chi connectivity index (χ4v) is 4.56. The average Bonchev–Trinajstić information content (AvgIpc) is 3.02. The molecule has 2 aliphatic rings. The number of β-lactam (4-membered cyclic amide) rings is 1. The Morgan fingerprint density at radius 3 is 2.92 bits per heavy atom. The molecule has 1 amide bonds.